The molecule has 0 aromatic heterocycles. The Hall–Kier alpha value is -0.480. The normalized spacial score (nSPS) is 11.7. The Bertz CT molecular complexity index is 436. The lowest BCUT2D eigenvalue weighted by Crippen LogP contribution is -2.05. The van der Waals surface area contributed by atoms with E-state index < -0.39 is 9.84 Å². The van der Waals surface area contributed by atoms with Gasteiger partial charge in [0.25, 0.3) is 0 Å². The van der Waals surface area contributed by atoms with Gasteiger partial charge in [-0.25, -0.2) is 8.42 Å². The first-order valence-electron chi connectivity index (χ1n) is 4.76. The average molecular weight is 244 g/mol. The van der Waals surface area contributed by atoms with Crippen LogP contribution in [0, 0.1) is 13.8 Å². The van der Waals surface area contributed by atoms with Crippen LogP contribution >= 0.6 is 11.8 Å². The van der Waals surface area contributed by atoms with Crippen LogP contribution in [0.4, 0.5) is 0 Å². The van der Waals surface area contributed by atoms with Gasteiger partial charge in [-0.05, 0) is 25.5 Å². The summed E-state index contributed by atoms with van der Waals surface area (Å²) in [4.78, 5) is 1.17. The van der Waals surface area contributed by atoms with Crippen LogP contribution in [0.15, 0.2) is 23.1 Å². The smallest absolute Gasteiger partial charge is 0.148 e. The molecule has 0 saturated heterocycles. The third-order valence-corrected chi connectivity index (χ3v) is 4.42. The van der Waals surface area contributed by atoms with Gasteiger partial charge in [-0.15, -0.1) is 11.8 Å². The lowest BCUT2D eigenvalue weighted by Gasteiger charge is -2.05. The zero-order chi connectivity index (χ0) is 11.5. The third kappa shape index (κ3) is 4.71. The summed E-state index contributed by atoms with van der Waals surface area (Å²) in [5, 5.41) is 0. The Labute approximate surface area is 96.0 Å². The van der Waals surface area contributed by atoms with Gasteiger partial charge < -0.3 is 0 Å². The average Bonchev–Trinajstić information content (AvgIpc) is 2.07. The molecule has 1 rings (SSSR count). The van der Waals surface area contributed by atoms with Crippen molar-refractivity contribution in [2.75, 3.05) is 17.8 Å². The van der Waals surface area contributed by atoms with Gasteiger partial charge in [-0.3, -0.25) is 0 Å². The van der Waals surface area contributed by atoms with Crippen LogP contribution in [0.5, 0.6) is 0 Å². The van der Waals surface area contributed by atoms with Gasteiger partial charge in [-0.2, -0.15) is 0 Å². The van der Waals surface area contributed by atoms with Crippen molar-refractivity contribution in [3.63, 3.8) is 0 Å². The van der Waals surface area contributed by atoms with E-state index in [2.05, 4.69) is 32.0 Å². The summed E-state index contributed by atoms with van der Waals surface area (Å²) in [7, 11) is -2.84. The summed E-state index contributed by atoms with van der Waals surface area (Å²) in [6.45, 7) is 4.10. The quantitative estimate of drug-likeness (QED) is 0.763. The fraction of sp³-hybridized carbons (Fsp3) is 0.455. The van der Waals surface area contributed by atoms with Gasteiger partial charge in [0.15, 0.2) is 0 Å². The minimum absolute atomic E-state index is 0.241. The number of aryl methyl sites for hydroxylation is 2. The molecule has 0 N–H and O–H groups in total. The van der Waals surface area contributed by atoms with Crippen LogP contribution in [-0.2, 0) is 9.84 Å². The molecule has 0 aliphatic rings. The molecule has 0 amide bonds. The molecule has 0 aliphatic heterocycles. The van der Waals surface area contributed by atoms with Crippen LogP contribution < -0.4 is 0 Å². The first kappa shape index (κ1) is 12.6. The van der Waals surface area contributed by atoms with E-state index in [0.717, 1.165) is 0 Å². The second kappa shape index (κ2) is 5.03. The molecule has 1 aromatic carbocycles. The largest absolute Gasteiger partial charge is 0.229 e. The second-order valence-electron chi connectivity index (χ2n) is 3.75. The molecule has 2 nitrogen and oxygen atoms in total. The van der Waals surface area contributed by atoms with Crippen LogP contribution in [0.25, 0.3) is 0 Å². The van der Waals surface area contributed by atoms with Crippen LogP contribution in [-0.4, -0.2) is 26.2 Å². The minimum atomic E-state index is -2.84. The molecular formula is C11H16O2S2. The van der Waals surface area contributed by atoms with E-state index in [-0.39, 0.29) is 5.75 Å². The van der Waals surface area contributed by atoms with Crippen LogP contribution in [0.3, 0.4) is 0 Å². The summed E-state index contributed by atoms with van der Waals surface area (Å²) < 4.78 is 21.9. The molecule has 0 atom stereocenters. The zero-order valence-electron chi connectivity index (χ0n) is 9.28. The Morgan fingerprint density at radius 3 is 2.47 bits per heavy atom. The van der Waals surface area contributed by atoms with E-state index in [1.165, 1.54) is 22.3 Å². The van der Waals surface area contributed by atoms with Crippen molar-refractivity contribution in [1.29, 1.82) is 0 Å². The highest BCUT2D eigenvalue weighted by molar-refractivity contribution is 8.00. The summed E-state index contributed by atoms with van der Waals surface area (Å²) in [6, 6.07) is 6.22. The van der Waals surface area contributed by atoms with E-state index >= 15 is 0 Å². The molecule has 4 heteroatoms. The predicted octanol–water partition coefficient (Wildman–Crippen LogP) is 2.44. The number of hydrogen-bond acceptors (Lipinski definition) is 3. The van der Waals surface area contributed by atoms with Crippen LogP contribution in [0.2, 0.25) is 0 Å². The summed E-state index contributed by atoms with van der Waals surface area (Å²) in [5.41, 5.74) is 2.45. The van der Waals surface area contributed by atoms with Crippen molar-refractivity contribution < 1.29 is 8.42 Å². The van der Waals surface area contributed by atoms with Crippen LogP contribution in [0.1, 0.15) is 11.1 Å². The fourth-order valence-electron chi connectivity index (χ4n) is 1.26. The van der Waals surface area contributed by atoms with E-state index in [1.807, 2.05) is 0 Å². The maximum Gasteiger partial charge on any atom is 0.148 e. The highest BCUT2D eigenvalue weighted by Gasteiger charge is 2.04. The maximum absolute atomic E-state index is 10.9. The number of rotatable bonds is 4. The van der Waals surface area contributed by atoms with Crippen molar-refractivity contribution >= 4 is 21.6 Å². The van der Waals surface area contributed by atoms with E-state index in [1.54, 1.807) is 11.8 Å². The molecule has 0 bridgehead atoms. The predicted molar refractivity (Wildman–Crippen MR) is 66.4 cm³/mol. The molecule has 0 aliphatic carbocycles. The molecule has 0 fully saturated rings. The lowest BCUT2D eigenvalue weighted by molar-refractivity contribution is 0.603. The van der Waals surface area contributed by atoms with E-state index in [9.17, 15) is 8.42 Å². The Balaban J connectivity index is 2.59. The highest BCUT2D eigenvalue weighted by Crippen LogP contribution is 2.23. The van der Waals surface area contributed by atoms with Gasteiger partial charge in [-0.1, -0.05) is 17.7 Å². The van der Waals surface area contributed by atoms with Gasteiger partial charge >= 0.3 is 0 Å². The Morgan fingerprint density at radius 1 is 1.27 bits per heavy atom. The molecule has 84 valence electrons. The topological polar surface area (TPSA) is 34.1 Å². The third-order valence-electron chi connectivity index (χ3n) is 2.04. The monoisotopic (exact) mass is 244 g/mol. The van der Waals surface area contributed by atoms with Crippen molar-refractivity contribution in [3.05, 3.63) is 29.3 Å². The standard InChI is InChI=1S/C11H16O2S2/c1-9-4-5-11(10(2)8-9)14-6-7-15(3,12)13/h4-5,8H,6-7H2,1-3H3. The van der Waals surface area contributed by atoms with Gasteiger partial charge in [0.05, 0.1) is 5.75 Å². The van der Waals surface area contributed by atoms with Crippen molar-refractivity contribution in [2.24, 2.45) is 0 Å². The summed E-state index contributed by atoms with van der Waals surface area (Å²) in [6.07, 6.45) is 1.27. The minimum Gasteiger partial charge on any atom is -0.229 e. The fourth-order valence-corrected chi connectivity index (χ4v) is 3.48. The van der Waals surface area contributed by atoms with Crippen molar-refractivity contribution in [3.8, 4) is 0 Å². The highest BCUT2D eigenvalue weighted by atomic mass is 32.2. The Kier molecular flexibility index (Phi) is 4.22. The molecule has 0 heterocycles. The Morgan fingerprint density at radius 2 is 1.93 bits per heavy atom. The van der Waals surface area contributed by atoms with Gasteiger partial charge in [0.2, 0.25) is 0 Å². The lowest BCUT2D eigenvalue weighted by atomic mass is 10.2. The first-order valence-corrected chi connectivity index (χ1v) is 7.81. The number of benzene rings is 1. The molecule has 0 spiro atoms. The van der Waals surface area contributed by atoms with Crippen molar-refractivity contribution in [2.45, 2.75) is 18.7 Å². The second-order valence-corrected chi connectivity index (χ2v) is 7.14. The summed E-state index contributed by atoms with van der Waals surface area (Å²) >= 11 is 1.60. The number of hydrogen-bond donors (Lipinski definition) is 0. The molecule has 0 saturated carbocycles. The van der Waals surface area contributed by atoms with Crippen molar-refractivity contribution in [1.82, 2.24) is 0 Å². The summed E-state index contributed by atoms with van der Waals surface area (Å²) in [5.74, 6) is 0.869. The SMILES string of the molecule is Cc1ccc(SCCS(C)(=O)=O)c(C)c1. The molecule has 15 heavy (non-hydrogen) atoms. The van der Waals surface area contributed by atoms with E-state index in [0.29, 0.717) is 5.75 Å². The molecular weight excluding hydrogens is 228 g/mol. The van der Waals surface area contributed by atoms with E-state index in [4.69, 9.17) is 0 Å². The number of thioether (sulfide) groups is 1. The zero-order valence-corrected chi connectivity index (χ0v) is 10.9. The van der Waals surface area contributed by atoms with Gasteiger partial charge in [0.1, 0.15) is 9.84 Å². The molecule has 0 unspecified atom stereocenters. The van der Waals surface area contributed by atoms with Gasteiger partial charge in [0, 0.05) is 16.9 Å². The first-order chi connectivity index (χ1) is 6.88. The number of sulfone groups is 1. The maximum atomic E-state index is 10.9. The molecule has 1 aromatic rings. The molecule has 0 radical (unpaired) electrons.